The monoisotopic (exact) mass is 465 g/mol. The number of halogens is 1. The molecule has 180 valence electrons. The van der Waals surface area contributed by atoms with Gasteiger partial charge in [-0.05, 0) is 74.5 Å². The molecule has 2 heterocycles. The summed E-state index contributed by atoms with van der Waals surface area (Å²) in [5, 5.41) is 4.37. The fourth-order valence-electron chi connectivity index (χ4n) is 5.29. The van der Waals surface area contributed by atoms with Crippen molar-refractivity contribution < 1.29 is 13.9 Å². The van der Waals surface area contributed by atoms with Crippen LogP contribution >= 0.6 is 0 Å². The predicted molar refractivity (Wildman–Crippen MR) is 132 cm³/mol. The predicted octanol–water partition coefficient (Wildman–Crippen LogP) is 4.58. The van der Waals surface area contributed by atoms with Crippen molar-refractivity contribution in [3.05, 3.63) is 62.2 Å². The number of rotatable bonds is 8. The van der Waals surface area contributed by atoms with Gasteiger partial charge in [0.25, 0.3) is 5.56 Å². The van der Waals surface area contributed by atoms with Crippen LogP contribution in [0.5, 0.6) is 0 Å². The molecule has 0 saturated carbocycles. The number of hydrogen-bond donors (Lipinski definition) is 1. The second-order valence-electron chi connectivity index (χ2n) is 8.93. The van der Waals surface area contributed by atoms with Gasteiger partial charge >= 0.3 is 0 Å². The summed E-state index contributed by atoms with van der Waals surface area (Å²) in [6, 6.07) is 5.51. The lowest BCUT2D eigenvalue weighted by Gasteiger charge is -2.28. The van der Waals surface area contributed by atoms with Gasteiger partial charge in [0.05, 0.1) is 23.5 Å². The van der Waals surface area contributed by atoms with E-state index in [1.165, 1.54) is 13.2 Å². The van der Waals surface area contributed by atoms with Gasteiger partial charge < -0.3 is 19.4 Å². The number of aromatic nitrogens is 2. The molecule has 2 atom stereocenters. The maximum Gasteiger partial charge on any atom is 0.256 e. The molecule has 3 aromatic rings. The van der Waals surface area contributed by atoms with Crippen molar-refractivity contribution in [2.45, 2.75) is 65.1 Å². The SMILES string of the molecule is CCC(C=O)c1cc(-c2cc3c4c(c(C)c(F)cc4n2)CCC3NC)n(CC)c(=O)c1COC. The van der Waals surface area contributed by atoms with Crippen LogP contribution in [0.15, 0.2) is 23.0 Å². The van der Waals surface area contributed by atoms with E-state index in [0.717, 1.165) is 35.6 Å². The molecule has 0 aliphatic heterocycles. The van der Waals surface area contributed by atoms with Crippen molar-refractivity contribution in [1.29, 1.82) is 0 Å². The molecule has 1 aliphatic rings. The van der Waals surface area contributed by atoms with E-state index >= 15 is 0 Å². The van der Waals surface area contributed by atoms with Crippen molar-refractivity contribution in [1.82, 2.24) is 14.9 Å². The van der Waals surface area contributed by atoms with Crippen LogP contribution in [0.3, 0.4) is 0 Å². The summed E-state index contributed by atoms with van der Waals surface area (Å²) in [6.07, 6.45) is 3.09. The van der Waals surface area contributed by atoms with Gasteiger partial charge in [-0.25, -0.2) is 9.37 Å². The Hall–Kier alpha value is -2.90. The van der Waals surface area contributed by atoms with E-state index in [1.54, 1.807) is 4.57 Å². The van der Waals surface area contributed by atoms with Crippen molar-refractivity contribution in [3.63, 3.8) is 0 Å². The third-order valence-electron chi connectivity index (χ3n) is 7.17. The number of nitrogens with zero attached hydrogens (tertiary/aromatic N) is 2. The van der Waals surface area contributed by atoms with Gasteiger partial charge in [-0.15, -0.1) is 0 Å². The first-order valence-corrected chi connectivity index (χ1v) is 11.9. The van der Waals surface area contributed by atoms with E-state index in [2.05, 4.69) is 5.32 Å². The van der Waals surface area contributed by atoms with E-state index in [1.807, 2.05) is 40.0 Å². The topological polar surface area (TPSA) is 73.2 Å². The van der Waals surface area contributed by atoms with E-state index in [-0.39, 0.29) is 24.0 Å². The number of aldehydes is 1. The number of carbonyl (C=O) groups excluding carboxylic acids is 1. The summed E-state index contributed by atoms with van der Waals surface area (Å²) in [5.41, 5.74) is 5.53. The van der Waals surface area contributed by atoms with Crippen molar-refractivity contribution in [3.8, 4) is 11.4 Å². The van der Waals surface area contributed by atoms with Crippen molar-refractivity contribution in [2.24, 2.45) is 0 Å². The molecule has 1 aliphatic carbocycles. The number of benzene rings is 1. The number of aryl methyl sites for hydroxylation is 1. The van der Waals surface area contributed by atoms with Crippen LogP contribution in [0.1, 0.15) is 66.5 Å². The minimum atomic E-state index is -0.418. The van der Waals surface area contributed by atoms with Gasteiger partial charge in [-0.3, -0.25) is 4.79 Å². The van der Waals surface area contributed by atoms with Crippen LogP contribution in [0, 0.1) is 12.7 Å². The molecule has 0 amide bonds. The fourth-order valence-corrected chi connectivity index (χ4v) is 5.29. The molecular weight excluding hydrogens is 433 g/mol. The second kappa shape index (κ2) is 9.76. The van der Waals surface area contributed by atoms with Crippen LogP contribution in [-0.2, 0) is 29.1 Å². The van der Waals surface area contributed by atoms with E-state index in [4.69, 9.17) is 9.72 Å². The Labute approximate surface area is 199 Å². The number of carbonyl (C=O) groups is 1. The zero-order valence-corrected chi connectivity index (χ0v) is 20.5. The van der Waals surface area contributed by atoms with Gasteiger partial charge in [0, 0.05) is 42.6 Å². The quantitative estimate of drug-likeness (QED) is 0.493. The molecule has 0 saturated heterocycles. The maximum atomic E-state index is 14.8. The van der Waals surface area contributed by atoms with Crippen LogP contribution in [-0.4, -0.2) is 30.0 Å². The maximum absolute atomic E-state index is 14.8. The highest BCUT2D eigenvalue weighted by Gasteiger charge is 2.27. The van der Waals surface area contributed by atoms with Gasteiger partial charge in [0.2, 0.25) is 0 Å². The lowest BCUT2D eigenvalue weighted by molar-refractivity contribution is -0.109. The Morgan fingerprint density at radius 1 is 1.32 bits per heavy atom. The molecule has 0 radical (unpaired) electrons. The van der Waals surface area contributed by atoms with Crippen LogP contribution < -0.4 is 10.9 Å². The smallest absolute Gasteiger partial charge is 0.256 e. The summed E-state index contributed by atoms with van der Waals surface area (Å²) in [7, 11) is 3.46. The zero-order valence-electron chi connectivity index (χ0n) is 20.5. The standard InChI is InChI=1S/C27H32FN3O3/c1-6-16(13-32)18-11-25(31(7-2)27(33)20(18)14-34-5)23-10-19-22(29-4)9-8-17-15(3)21(28)12-24(30-23)26(17)19/h10-13,16,22,29H,6-9,14H2,1-5H3. The van der Waals surface area contributed by atoms with E-state index in [0.29, 0.717) is 46.6 Å². The highest BCUT2D eigenvalue weighted by molar-refractivity contribution is 5.90. The number of nitrogens with one attached hydrogen (secondary N) is 1. The molecule has 2 aromatic heterocycles. The van der Waals surface area contributed by atoms with Gasteiger partial charge in [0.1, 0.15) is 12.1 Å². The first-order chi connectivity index (χ1) is 16.4. The fraction of sp³-hybridized carbons (Fsp3) is 0.444. The zero-order chi connectivity index (χ0) is 24.6. The largest absolute Gasteiger partial charge is 0.380 e. The van der Waals surface area contributed by atoms with Gasteiger partial charge in [-0.1, -0.05) is 6.92 Å². The third kappa shape index (κ3) is 3.87. The number of ether oxygens (including phenoxy) is 1. The second-order valence-corrected chi connectivity index (χ2v) is 8.93. The summed E-state index contributed by atoms with van der Waals surface area (Å²) in [6.45, 7) is 6.21. The minimum absolute atomic E-state index is 0.106. The molecule has 2 unspecified atom stereocenters. The average molecular weight is 466 g/mol. The third-order valence-corrected chi connectivity index (χ3v) is 7.17. The molecule has 6 nitrogen and oxygen atoms in total. The molecule has 0 fully saturated rings. The van der Waals surface area contributed by atoms with Gasteiger partial charge in [0.15, 0.2) is 0 Å². The first-order valence-electron chi connectivity index (χ1n) is 11.9. The lowest BCUT2D eigenvalue weighted by Crippen LogP contribution is -2.28. The normalized spacial score (nSPS) is 16.1. The molecule has 4 rings (SSSR count). The van der Waals surface area contributed by atoms with E-state index < -0.39 is 5.92 Å². The van der Waals surface area contributed by atoms with Crippen LogP contribution in [0.2, 0.25) is 0 Å². The molecular formula is C27H32FN3O3. The molecule has 1 aromatic carbocycles. The first kappa shape index (κ1) is 24.2. The Bertz CT molecular complexity index is 1320. The van der Waals surface area contributed by atoms with Gasteiger partial charge in [-0.2, -0.15) is 0 Å². The summed E-state index contributed by atoms with van der Waals surface area (Å²) < 4.78 is 21.8. The molecule has 0 spiro atoms. The van der Waals surface area contributed by atoms with Crippen molar-refractivity contribution in [2.75, 3.05) is 14.2 Å². The van der Waals surface area contributed by atoms with E-state index in [9.17, 15) is 14.0 Å². The molecule has 34 heavy (non-hydrogen) atoms. The van der Waals surface area contributed by atoms with Crippen molar-refractivity contribution >= 4 is 17.2 Å². The van der Waals surface area contributed by atoms with Crippen LogP contribution in [0.4, 0.5) is 4.39 Å². The Morgan fingerprint density at radius 3 is 2.71 bits per heavy atom. The minimum Gasteiger partial charge on any atom is -0.380 e. The molecule has 7 heteroatoms. The summed E-state index contributed by atoms with van der Waals surface area (Å²) in [4.78, 5) is 30.2. The van der Waals surface area contributed by atoms with Crippen LogP contribution in [0.25, 0.3) is 22.3 Å². The Balaban J connectivity index is 2.07. The Kier molecular flexibility index (Phi) is 6.96. The summed E-state index contributed by atoms with van der Waals surface area (Å²) in [5.74, 6) is -0.685. The highest BCUT2D eigenvalue weighted by atomic mass is 19.1. The number of pyridine rings is 2. The summed E-state index contributed by atoms with van der Waals surface area (Å²) >= 11 is 0. The Morgan fingerprint density at radius 2 is 2.09 bits per heavy atom. The number of methoxy groups -OCH3 is 1. The molecule has 0 bridgehead atoms. The number of hydrogen-bond acceptors (Lipinski definition) is 5. The lowest BCUT2D eigenvalue weighted by atomic mass is 9.84. The highest BCUT2D eigenvalue weighted by Crippen LogP contribution is 2.39. The average Bonchev–Trinajstić information content (AvgIpc) is 2.84. The molecule has 1 N–H and O–H groups in total.